The van der Waals surface area contributed by atoms with Gasteiger partial charge in [0.05, 0.1) is 16.4 Å². The van der Waals surface area contributed by atoms with Crippen molar-refractivity contribution in [2.75, 3.05) is 0 Å². The highest BCUT2D eigenvalue weighted by atomic mass is 32.1. The summed E-state index contributed by atoms with van der Waals surface area (Å²) in [4.78, 5) is 8.12. The van der Waals surface area contributed by atoms with Crippen molar-refractivity contribution < 1.29 is 9.52 Å². The highest BCUT2D eigenvalue weighted by molar-refractivity contribution is 7.78. The molecule has 0 radical (unpaired) electrons. The molecule has 3 rings (SSSR count). The van der Waals surface area contributed by atoms with Crippen molar-refractivity contribution in [1.82, 2.24) is 4.98 Å². The maximum atomic E-state index is 9.97. The molecule has 4 nitrogen and oxygen atoms in total. The average molecular weight is 268 g/mol. The smallest absolute Gasteiger partial charge is 0.231 e. The lowest BCUT2D eigenvalue weighted by Crippen LogP contribution is -1.78. The van der Waals surface area contributed by atoms with E-state index in [1.165, 1.54) is 6.07 Å². The van der Waals surface area contributed by atoms with E-state index >= 15 is 0 Å². The SMILES string of the molecule is Oc1cc(N=C=S)ccc1-c1nc2ccccc2o1. The van der Waals surface area contributed by atoms with Crippen LogP contribution in [-0.4, -0.2) is 15.3 Å². The molecule has 0 fully saturated rings. The minimum Gasteiger partial charge on any atom is -0.507 e. The molecule has 0 saturated heterocycles. The fourth-order valence-electron chi connectivity index (χ4n) is 1.81. The van der Waals surface area contributed by atoms with E-state index in [4.69, 9.17) is 4.42 Å². The maximum absolute atomic E-state index is 9.97. The number of rotatable bonds is 2. The van der Waals surface area contributed by atoms with Gasteiger partial charge in [-0.15, -0.1) is 0 Å². The van der Waals surface area contributed by atoms with Crippen LogP contribution in [0.25, 0.3) is 22.6 Å². The average Bonchev–Trinajstić information content (AvgIpc) is 2.82. The summed E-state index contributed by atoms with van der Waals surface area (Å²) in [5.41, 5.74) is 2.47. The molecule has 1 N–H and O–H groups in total. The Morgan fingerprint density at radius 2 is 2.05 bits per heavy atom. The van der Waals surface area contributed by atoms with E-state index in [9.17, 15) is 5.11 Å². The fourth-order valence-corrected chi connectivity index (χ4v) is 1.92. The molecule has 0 spiro atoms. The predicted molar refractivity (Wildman–Crippen MR) is 75.8 cm³/mol. The largest absolute Gasteiger partial charge is 0.507 e. The van der Waals surface area contributed by atoms with Crippen LogP contribution in [0.4, 0.5) is 5.69 Å². The van der Waals surface area contributed by atoms with Gasteiger partial charge in [-0.3, -0.25) is 0 Å². The second kappa shape index (κ2) is 4.65. The molecule has 19 heavy (non-hydrogen) atoms. The topological polar surface area (TPSA) is 58.6 Å². The lowest BCUT2D eigenvalue weighted by molar-refractivity contribution is 0.474. The number of isothiocyanates is 1. The van der Waals surface area contributed by atoms with Crippen LogP contribution in [0, 0.1) is 0 Å². The summed E-state index contributed by atoms with van der Waals surface area (Å²) in [7, 11) is 0. The lowest BCUT2D eigenvalue weighted by Gasteiger charge is -2.00. The van der Waals surface area contributed by atoms with Crippen LogP contribution in [0.15, 0.2) is 51.9 Å². The number of aromatic hydroxyl groups is 1. The Hall–Kier alpha value is -2.49. The number of para-hydroxylation sites is 2. The Labute approximate surface area is 114 Å². The quantitative estimate of drug-likeness (QED) is 0.565. The summed E-state index contributed by atoms with van der Waals surface area (Å²) in [6.07, 6.45) is 0. The number of phenols is 1. The van der Waals surface area contributed by atoms with E-state index in [-0.39, 0.29) is 5.75 Å². The number of nitrogens with zero attached hydrogens (tertiary/aromatic N) is 2. The summed E-state index contributed by atoms with van der Waals surface area (Å²) in [5.74, 6) is 0.412. The van der Waals surface area contributed by atoms with Gasteiger partial charge in [0.25, 0.3) is 0 Å². The van der Waals surface area contributed by atoms with Gasteiger partial charge < -0.3 is 9.52 Å². The molecule has 0 saturated carbocycles. The Kier molecular flexibility index (Phi) is 2.83. The third kappa shape index (κ3) is 2.12. The van der Waals surface area contributed by atoms with Crippen LogP contribution in [-0.2, 0) is 0 Å². The third-order valence-corrected chi connectivity index (χ3v) is 2.77. The van der Waals surface area contributed by atoms with Gasteiger partial charge in [-0.1, -0.05) is 12.1 Å². The Balaban J connectivity index is 2.13. The molecule has 0 bridgehead atoms. The highest BCUT2D eigenvalue weighted by Gasteiger charge is 2.12. The van der Waals surface area contributed by atoms with Crippen LogP contribution in [0.1, 0.15) is 0 Å². The molecule has 1 aromatic heterocycles. The number of fused-ring (bicyclic) bond motifs is 1. The molecule has 0 aliphatic rings. The van der Waals surface area contributed by atoms with Gasteiger partial charge >= 0.3 is 0 Å². The van der Waals surface area contributed by atoms with E-state index in [0.717, 1.165) is 5.52 Å². The Morgan fingerprint density at radius 3 is 2.79 bits per heavy atom. The summed E-state index contributed by atoms with van der Waals surface area (Å²) in [6, 6.07) is 12.3. The summed E-state index contributed by atoms with van der Waals surface area (Å²) in [5, 5.41) is 12.2. The van der Waals surface area contributed by atoms with Crippen molar-refractivity contribution in [3.05, 3.63) is 42.5 Å². The molecule has 5 heteroatoms. The van der Waals surface area contributed by atoms with Crippen molar-refractivity contribution >= 4 is 34.2 Å². The van der Waals surface area contributed by atoms with Gasteiger partial charge in [0.15, 0.2) is 5.58 Å². The van der Waals surface area contributed by atoms with Crippen LogP contribution in [0.3, 0.4) is 0 Å². The molecule has 2 aromatic carbocycles. The number of oxazole rings is 1. The number of hydrogen-bond donors (Lipinski definition) is 1. The molecule has 1 heterocycles. The first-order chi connectivity index (χ1) is 9.28. The second-order valence-corrected chi connectivity index (χ2v) is 4.07. The van der Waals surface area contributed by atoms with E-state index < -0.39 is 0 Å². The number of thiocarbonyl (C=S) groups is 1. The van der Waals surface area contributed by atoms with Crippen LogP contribution in [0.2, 0.25) is 0 Å². The number of benzene rings is 2. The molecule has 0 amide bonds. The fraction of sp³-hybridized carbons (Fsp3) is 0. The van der Waals surface area contributed by atoms with Crippen molar-refractivity contribution in [3.63, 3.8) is 0 Å². The first-order valence-corrected chi connectivity index (χ1v) is 5.95. The molecule has 0 aliphatic carbocycles. The van der Waals surface area contributed by atoms with Gasteiger partial charge in [0.2, 0.25) is 5.89 Å². The van der Waals surface area contributed by atoms with E-state index in [2.05, 4.69) is 27.4 Å². The first-order valence-electron chi connectivity index (χ1n) is 5.55. The Bertz CT molecular complexity index is 771. The molecule has 3 aromatic rings. The Morgan fingerprint density at radius 1 is 1.21 bits per heavy atom. The minimum absolute atomic E-state index is 0.0399. The van der Waals surface area contributed by atoms with Gasteiger partial charge in [0.1, 0.15) is 11.3 Å². The van der Waals surface area contributed by atoms with Crippen molar-refractivity contribution in [1.29, 1.82) is 0 Å². The molecular weight excluding hydrogens is 260 g/mol. The van der Waals surface area contributed by atoms with Crippen molar-refractivity contribution in [2.45, 2.75) is 0 Å². The van der Waals surface area contributed by atoms with E-state index in [1.54, 1.807) is 12.1 Å². The zero-order valence-corrected chi connectivity index (χ0v) is 10.5. The van der Waals surface area contributed by atoms with Gasteiger partial charge in [-0.05, 0) is 36.5 Å². The van der Waals surface area contributed by atoms with Crippen LogP contribution in [0.5, 0.6) is 5.75 Å². The second-order valence-electron chi connectivity index (χ2n) is 3.89. The van der Waals surface area contributed by atoms with E-state index in [0.29, 0.717) is 22.7 Å². The normalized spacial score (nSPS) is 10.3. The van der Waals surface area contributed by atoms with Gasteiger partial charge in [0, 0.05) is 6.07 Å². The number of phenolic OH excluding ortho intramolecular Hbond substituents is 1. The summed E-state index contributed by atoms with van der Waals surface area (Å²) in [6.45, 7) is 0. The molecule has 0 unspecified atom stereocenters. The van der Waals surface area contributed by atoms with Gasteiger partial charge in [-0.25, -0.2) is 4.98 Å². The van der Waals surface area contributed by atoms with Crippen LogP contribution < -0.4 is 0 Å². The molecule has 0 aliphatic heterocycles. The number of aliphatic imine (C=N–C) groups is 1. The van der Waals surface area contributed by atoms with Gasteiger partial charge in [-0.2, -0.15) is 4.99 Å². The first kappa shape index (κ1) is 11.6. The zero-order valence-electron chi connectivity index (χ0n) is 9.70. The predicted octanol–water partition coefficient (Wildman–Crippen LogP) is 3.93. The highest BCUT2D eigenvalue weighted by Crippen LogP contribution is 2.33. The summed E-state index contributed by atoms with van der Waals surface area (Å²) < 4.78 is 5.60. The summed E-state index contributed by atoms with van der Waals surface area (Å²) >= 11 is 4.52. The monoisotopic (exact) mass is 268 g/mol. The van der Waals surface area contributed by atoms with E-state index in [1.807, 2.05) is 24.3 Å². The zero-order chi connectivity index (χ0) is 13.2. The molecular formula is C14H8N2O2S. The van der Waals surface area contributed by atoms with Crippen molar-refractivity contribution in [3.8, 4) is 17.2 Å². The number of aromatic nitrogens is 1. The third-order valence-electron chi connectivity index (χ3n) is 2.68. The molecule has 92 valence electrons. The van der Waals surface area contributed by atoms with Crippen LogP contribution >= 0.6 is 12.2 Å². The van der Waals surface area contributed by atoms with Crippen molar-refractivity contribution in [2.24, 2.45) is 4.99 Å². The standard InChI is InChI=1S/C14H8N2O2S/c17-12-7-9(15-8-19)5-6-10(12)14-16-11-3-1-2-4-13(11)18-14/h1-7,17H. The molecule has 0 atom stereocenters. The maximum Gasteiger partial charge on any atom is 0.231 e. The minimum atomic E-state index is 0.0399. The lowest BCUT2D eigenvalue weighted by atomic mass is 10.2. The number of hydrogen-bond acceptors (Lipinski definition) is 5.